The van der Waals surface area contributed by atoms with Crippen molar-refractivity contribution in [3.8, 4) is 0 Å². The van der Waals surface area contributed by atoms with Gasteiger partial charge in [0, 0.05) is 31.7 Å². The first-order valence-electron chi connectivity index (χ1n) is 7.81. The van der Waals surface area contributed by atoms with Crippen molar-refractivity contribution in [3.05, 3.63) is 29.8 Å². The van der Waals surface area contributed by atoms with Crippen LogP contribution < -0.4 is 5.32 Å². The van der Waals surface area contributed by atoms with Crippen LogP contribution in [0.3, 0.4) is 0 Å². The van der Waals surface area contributed by atoms with E-state index in [4.69, 9.17) is 4.74 Å². The summed E-state index contributed by atoms with van der Waals surface area (Å²) >= 11 is 0. The first-order valence-corrected chi connectivity index (χ1v) is 7.81. The highest BCUT2D eigenvalue weighted by Crippen LogP contribution is 2.19. The second-order valence-corrected chi connectivity index (χ2v) is 6.61. The lowest BCUT2D eigenvalue weighted by atomic mass is 10.1. The van der Waals surface area contributed by atoms with Gasteiger partial charge in [-0.25, -0.2) is 9.59 Å². The molecule has 2 rings (SSSR count). The van der Waals surface area contributed by atoms with Gasteiger partial charge in [-0.2, -0.15) is 0 Å². The van der Waals surface area contributed by atoms with Crippen LogP contribution in [0.15, 0.2) is 24.3 Å². The summed E-state index contributed by atoms with van der Waals surface area (Å²) in [6.07, 6.45) is 0. The van der Waals surface area contributed by atoms with Gasteiger partial charge >= 0.3 is 12.0 Å². The third-order valence-corrected chi connectivity index (χ3v) is 4.09. The van der Waals surface area contributed by atoms with Crippen LogP contribution in [-0.2, 0) is 4.74 Å². The molecule has 0 atom stereocenters. The highest BCUT2D eigenvalue weighted by molar-refractivity contribution is 6.00. The molecule has 23 heavy (non-hydrogen) atoms. The largest absolute Gasteiger partial charge is 0.465 e. The van der Waals surface area contributed by atoms with Crippen molar-refractivity contribution in [1.82, 2.24) is 9.80 Å². The molecule has 0 bridgehead atoms. The van der Waals surface area contributed by atoms with Crippen molar-refractivity contribution in [2.45, 2.75) is 26.3 Å². The van der Waals surface area contributed by atoms with Crippen molar-refractivity contribution < 1.29 is 14.3 Å². The van der Waals surface area contributed by atoms with Crippen molar-refractivity contribution in [2.75, 3.05) is 38.6 Å². The number of benzene rings is 1. The second kappa shape index (κ2) is 7.00. The highest BCUT2D eigenvalue weighted by atomic mass is 16.5. The third kappa shape index (κ3) is 4.22. The van der Waals surface area contributed by atoms with E-state index < -0.39 is 5.97 Å². The summed E-state index contributed by atoms with van der Waals surface area (Å²) in [5.74, 6) is -0.460. The van der Waals surface area contributed by atoms with Crippen molar-refractivity contribution in [2.24, 2.45) is 0 Å². The molecular weight excluding hydrogens is 294 g/mol. The van der Waals surface area contributed by atoms with Gasteiger partial charge in [0.2, 0.25) is 0 Å². The number of rotatable bonds is 2. The smallest absolute Gasteiger partial charge is 0.339 e. The van der Waals surface area contributed by atoms with Gasteiger partial charge in [0.05, 0.1) is 18.4 Å². The van der Waals surface area contributed by atoms with Gasteiger partial charge in [-0.1, -0.05) is 12.1 Å². The number of ether oxygens (including phenoxy) is 1. The molecule has 2 amide bonds. The summed E-state index contributed by atoms with van der Waals surface area (Å²) in [6, 6.07) is 6.67. The van der Waals surface area contributed by atoms with Crippen LogP contribution in [0.1, 0.15) is 31.1 Å². The minimum absolute atomic E-state index is 0.111. The number of esters is 1. The fourth-order valence-corrected chi connectivity index (χ4v) is 2.65. The maximum absolute atomic E-state index is 12.4. The zero-order valence-electron chi connectivity index (χ0n) is 14.3. The Balaban J connectivity index is 2.00. The van der Waals surface area contributed by atoms with Crippen LogP contribution in [-0.4, -0.2) is 60.6 Å². The molecule has 1 aliphatic heterocycles. The summed E-state index contributed by atoms with van der Waals surface area (Å²) in [4.78, 5) is 28.3. The van der Waals surface area contributed by atoms with E-state index >= 15 is 0 Å². The number of carbonyl (C=O) groups is 2. The van der Waals surface area contributed by atoms with Gasteiger partial charge in [0.25, 0.3) is 0 Å². The van der Waals surface area contributed by atoms with Crippen LogP contribution in [0.25, 0.3) is 0 Å². The van der Waals surface area contributed by atoms with Crippen molar-refractivity contribution >= 4 is 17.7 Å². The lowest BCUT2D eigenvalue weighted by Gasteiger charge is -2.42. The Bertz CT molecular complexity index is 573. The van der Waals surface area contributed by atoms with Gasteiger partial charge in [-0.15, -0.1) is 0 Å². The van der Waals surface area contributed by atoms with E-state index in [1.807, 2.05) is 0 Å². The molecule has 1 aromatic rings. The molecule has 0 saturated carbocycles. The maximum Gasteiger partial charge on any atom is 0.339 e. The fraction of sp³-hybridized carbons (Fsp3) is 0.529. The molecule has 1 aliphatic rings. The predicted octanol–water partition coefficient (Wildman–Crippen LogP) is 2.42. The fourth-order valence-electron chi connectivity index (χ4n) is 2.65. The normalized spacial score (nSPS) is 16.1. The lowest BCUT2D eigenvalue weighted by Crippen LogP contribution is -2.55. The number of nitrogens with zero attached hydrogens (tertiary/aromatic N) is 2. The Morgan fingerprint density at radius 2 is 1.70 bits per heavy atom. The van der Waals surface area contributed by atoms with Gasteiger partial charge in [0.15, 0.2) is 0 Å². The SMILES string of the molecule is COC(=O)c1ccccc1NC(=O)N1CCN(C(C)(C)C)CC1. The van der Waals surface area contributed by atoms with Gasteiger partial charge in [-0.05, 0) is 32.9 Å². The molecule has 6 heteroatoms. The molecule has 126 valence electrons. The van der Waals surface area contributed by atoms with Gasteiger partial charge in [-0.3, -0.25) is 4.90 Å². The molecule has 0 aliphatic carbocycles. The number of carbonyl (C=O) groups excluding carboxylic acids is 2. The Morgan fingerprint density at radius 1 is 1.09 bits per heavy atom. The number of anilines is 1. The first-order chi connectivity index (χ1) is 10.8. The van der Waals surface area contributed by atoms with Gasteiger partial charge in [0.1, 0.15) is 0 Å². The molecule has 1 N–H and O–H groups in total. The van der Waals surface area contributed by atoms with Crippen LogP contribution >= 0.6 is 0 Å². The number of amides is 2. The number of nitrogens with one attached hydrogen (secondary N) is 1. The van der Waals surface area contributed by atoms with Crippen LogP contribution in [0, 0.1) is 0 Å². The summed E-state index contributed by atoms with van der Waals surface area (Å²) in [5.41, 5.74) is 0.944. The summed E-state index contributed by atoms with van der Waals surface area (Å²) in [5, 5.41) is 2.82. The summed E-state index contributed by atoms with van der Waals surface area (Å²) in [7, 11) is 1.33. The number of urea groups is 1. The zero-order chi connectivity index (χ0) is 17.0. The molecule has 6 nitrogen and oxygen atoms in total. The monoisotopic (exact) mass is 319 g/mol. The number of piperazine rings is 1. The van der Waals surface area contributed by atoms with E-state index in [9.17, 15) is 9.59 Å². The van der Waals surface area contributed by atoms with Crippen molar-refractivity contribution in [3.63, 3.8) is 0 Å². The number of hydrogen-bond donors (Lipinski definition) is 1. The van der Waals surface area contributed by atoms with Gasteiger partial charge < -0.3 is 15.0 Å². The van der Waals surface area contributed by atoms with E-state index in [-0.39, 0.29) is 11.6 Å². The van der Waals surface area contributed by atoms with E-state index in [1.54, 1.807) is 29.2 Å². The zero-order valence-corrected chi connectivity index (χ0v) is 14.3. The molecule has 1 fully saturated rings. The average molecular weight is 319 g/mol. The number of hydrogen-bond acceptors (Lipinski definition) is 4. The maximum atomic E-state index is 12.4. The minimum atomic E-state index is -0.460. The summed E-state index contributed by atoms with van der Waals surface area (Å²) in [6.45, 7) is 9.55. The molecule has 1 heterocycles. The molecule has 1 aromatic carbocycles. The van der Waals surface area contributed by atoms with Crippen LogP contribution in [0.2, 0.25) is 0 Å². The number of para-hydroxylation sites is 1. The molecule has 0 aromatic heterocycles. The molecule has 0 unspecified atom stereocenters. The first kappa shape index (κ1) is 17.3. The average Bonchev–Trinajstić information content (AvgIpc) is 2.54. The van der Waals surface area contributed by atoms with Crippen molar-refractivity contribution in [1.29, 1.82) is 0 Å². The van der Waals surface area contributed by atoms with E-state index in [2.05, 4.69) is 31.0 Å². The molecule has 0 radical (unpaired) electrons. The Labute approximate surface area is 137 Å². The number of methoxy groups -OCH3 is 1. The Kier molecular flexibility index (Phi) is 5.26. The van der Waals surface area contributed by atoms with E-state index in [1.165, 1.54) is 7.11 Å². The molecule has 1 saturated heterocycles. The Morgan fingerprint density at radius 3 is 2.26 bits per heavy atom. The molecular formula is C17H25N3O3. The van der Waals surface area contributed by atoms with Crippen LogP contribution in [0.5, 0.6) is 0 Å². The second-order valence-electron chi connectivity index (χ2n) is 6.61. The standard InChI is InChI=1S/C17H25N3O3/c1-17(2,3)20-11-9-19(10-12-20)16(22)18-14-8-6-5-7-13(14)15(21)23-4/h5-8H,9-12H2,1-4H3,(H,18,22). The Hall–Kier alpha value is -2.08. The summed E-state index contributed by atoms with van der Waals surface area (Å²) < 4.78 is 4.74. The lowest BCUT2D eigenvalue weighted by molar-refractivity contribution is 0.0601. The minimum Gasteiger partial charge on any atom is -0.465 e. The highest BCUT2D eigenvalue weighted by Gasteiger charge is 2.28. The van der Waals surface area contributed by atoms with E-state index in [0.717, 1.165) is 13.1 Å². The third-order valence-electron chi connectivity index (χ3n) is 4.09. The van der Waals surface area contributed by atoms with E-state index in [0.29, 0.717) is 24.3 Å². The van der Waals surface area contributed by atoms with Crippen LogP contribution in [0.4, 0.5) is 10.5 Å². The topological polar surface area (TPSA) is 61.9 Å². The predicted molar refractivity (Wildman–Crippen MR) is 89.7 cm³/mol. The quantitative estimate of drug-likeness (QED) is 0.851. The molecule has 0 spiro atoms.